The van der Waals surface area contributed by atoms with Crippen molar-refractivity contribution in [3.63, 3.8) is 0 Å². The fourth-order valence-corrected chi connectivity index (χ4v) is 2.76. The number of fused-ring (bicyclic) bond motifs is 2. The first-order valence-electron chi connectivity index (χ1n) is 7.80. The average Bonchev–Trinajstić information content (AvgIpc) is 3.00. The standard InChI is InChI=1S/C17H14N4.C2H6/c1-11-6-14(18)7-13-8-17(20-9-15(11)13)21-5-3-12-2-4-19-10-16(12)21;1-2/h2-10H,18H2,1H3;1-2H3. The minimum atomic E-state index is 0.774. The highest BCUT2D eigenvalue weighted by atomic mass is 15.1. The molecule has 0 amide bonds. The summed E-state index contributed by atoms with van der Waals surface area (Å²) in [6, 6.07) is 10.1. The number of pyridine rings is 2. The fourth-order valence-electron chi connectivity index (χ4n) is 2.76. The van der Waals surface area contributed by atoms with Crippen LogP contribution < -0.4 is 5.73 Å². The molecule has 0 unspecified atom stereocenters. The predicted octanol–water partition coefficient (Wildman–Crippen LogP) is 4.49. The third-order valence-electron chi connectivity index (χ3n) is 3.79. The summed E-state index contributed by atoms with van der Waals surface area (Å²) in [5.41, 5.74) is 8.91. The van der Waals surface area contributed by atoms with Gasteiger partial charge in [-0.05, 0) is 48.2 Å². The lowest BCUT2D eigenvalue weighted by atomic mass is 10.1. The molecule has 4 aromatic rings. The molecular formula is C19H20N4. The van der Waals surface area contributed by atoms with Crippen molar-refractivity contribution in [2.45, 2.75) is 20.8 Å². The Morgan fingerprint density at radius 2 is 1.83 bits per heavy atom. The summed E-state index contributed by atoms with van der Waals surface area (Å²) in [6.07, 6.45) is 7.57. The lowest BCUT2D eigenvalue weighted by Crippen LogP contribution is -1.97. The third-order valence-corrected chi connectivity index (χ3v) is 3.79. The molecule has 1 aromatic carbocycles. The number of aryl methyl sites for hydroxylation is 1. The van der Waals surface area contributed by atoms with E-state index in [4.69, 9.17) is 5.73 Å². The van der Waals surface area contributed by atoms with Gasteiger partial charge in [0.15, 0.2) is 0 Å². The van der Waals surface area contributed by atoms with Crippen LogP contribution in [-0.4, -0.2) is 14.5 Å². The van der Waals surface area contributed by atoms with E-state index in [2.05, 4.69) is 29.0 Å². The molecular weight excluding hydrogens is 284 g/mol. The van der Waals surface area contributed by atoms with Gasteiger partial charge in [-0.15, -0.1) is 0 Å². The molecule has 3 heterocycles. The molecule has 2 N–H and O–H groups in total. The van der Waals surface area contributed by atoms with Crippen LogP contribution in [0.15, 0.2) is 55.1 Å². The van der Waals surface area contributed by atoms with Crippen LogP contribution in [0.2, 0.25) is 0 Å². The summed E-state index contributed by atoms with van der Waals surface area (Å²) in [6.45, 7) is 6.05. The van der Waals surface area contributed by atoms with E-state index in [-0.39, 0.29) is 0 Å². The summed E-state index contributed by atoms with van der Waals surface area (Å²) in [4.78, 5) is 8.78. The Hall–Kier alpha value is -2.88. The first-order chi connectivity index (χ1) is 11.2. The van der Waals surface area contributed by atoms with Crippen molar-refractivity contribution in [3.05, 3.63) is 60.7 Å². The zero-order chi connectivity index (χ0) is 16.4. The molecule has 0 aliphatic rings. The lowest BCUT2D eigenvalue weighted by Gasteiger charge is -2.08. The van der Waals surface area contributed by atoms with E-state index in [1.54, 1.807) is 6.20 Å². The van der Waals surface area contributed by atoms with Gasteiger partial charge in [-0.3, -0.25) is 9.55 Å². The zero-order valence-electron chi connectivity index (χ0n) is 13.6. The predicted molar refractivity (Wildman–Crippen MR) is 96.9 cm³/mol. The maximum atomic E-state index is 5.95. The average molecular weight is 304 g/mol. The highest BCUT2D eigenvalue weighted by molar-refractivity contribution is 5.89. The Morgan fingerprint density at radius 1 is 1.00 bits per heavy atom. The van der Waals surface area contributed by atoms with Crippen molar-refractivity contribution < 1.29 is 0 Å². The van der Waals surface area contributed by atoms with Crippen LogP contribution in [0.5, 0.6) is 0 Å². The van der Waals surface area contributed by atoms with Crippen LogP contribution in [0.4, 0.5) is 5.69 Å². The van der Waals surface area contributed by atoms with E-state index in [9.17, 15) is 0 Å². The van der Waals surface area contributed by atoms with Crippen molar-refractivity contribution in [2.24, 2.45) is 0 Å². The van der Waals surface area contributed by atoms with Crippen LogP contribution in [0.1, 0.15) is 19.4 Å². The number of anilines is 1. The van der Waals surface area contributed by atoms with Crippen molar-refractivity contribution in [1.29, 1.82) is 0 Å². The Kier molecular flexibility index (Phi) is 3.98. The summed E-state index contributed by atoms with van der Waals surface area (Å²) in [5.74, 6) is 0.871. The van der Waals surface area contributed by atoms with Gasteiger partial charge in [0.2, 0.25) is 0 Å². The Bertz CT molecular complexity index is 970. The first kappa shape index (κ1) is 15.0. The van der Waals surface area contributed by atoms with Gasteiger partial charge in [0.1, 0.15) is 5.82 Å². The molecule has 0 fully saturated rings. The molecule has 23 heavy (non-hydrogen) atoms. The molecule has 0 bridgehead atoms. The van der Waals surface area contributed by atoms with Gasteiger partial charge in [-0.2, -0.15) is 0 Å². The topological polar surface area (TPSA) is 56.7 Å². The molecule has 4 heteroatoms. The van der Waals surface area contributed by atoms with Gasteiger partial charge in [0, 0.05) is 35.1 Å². The second kappa shape index (κ2) is 6.08. The lowest BCUT2D eigenvalue weighted by molar-refractivity contribution is 1.05. The fraction of sp³-hybridized carbons (Fsp3) is 0.158. The van der Waals surface area contributed by atoms with E-state index in [1.807, 2.05) is 55.2 Å². The molecule has 0 aliphatic carbocycles. The number of hydrogen-bond donors (Lipinski definition) is 1. The van der Waals surface area contributed by atoms with Gasteiger partial charge in [0.05, 0.1) is 11.7 Å². The second-order valence-electron chi connectivity index (χ2n) is 5.22. The highest BCUT2D eigenvalue weighted by Crippen LogP contribution is 2.25. The monoisotopic (exact) mass is 304 g/mol. The Labute approximate surface area is 135 Å². The van der Waals surface area contributed by atoms with E-state index >= 15 is 0 Å². The molecule has 0 saturated carbocycles. The molecule has 0 radical (unpaired) electrons. The number of nitrogen functional groups attached to an aromatic ring is 1. The Morgan fingerprint density at radius 3 is 2.65 bits per heavy atom. The SMILES string of the molecule is CC.Cc1cc(N)cc2cc(-n3ccc4ccncc43)ncc12. The molecule has 0 spiro atoms. The van der Waals surface area contributed by atoms with Crippen LogP contribution in [0, 0.1) is 6.92 Å². The largest absolute Gasteiger partial charge is 0.399 e. The summed E-state index contributed by atoms with van der Waals surface area (Å²) >= 11 is 0. The summed E-state index contributed by atoms with van der Waals surface area (Å²) < 4.78 is 2.04. The molecule has 4 rings (SSSR count). The molecule has 3 aromatic heterocycles. The highest BCUT2D eigenvalue weighted by Gasteiger charge is 2.06. The third kappa shape index (κ3) is 2.63. The van der Waals surface area contributed by atoms with Gasteiger partial charge >= 0.3 is 0 Å². The molecule has 0 saturated heterocycles. The molecule has 0 atom stereocenters. The zero-order valence-corrected chi connectivity index (χ0v) is 13.6. The minimum absolute atomic E-state index is 0.774. The number of benzene rings is 1. The Balaban J connectivity index is 0.000000753. The summed E-state index contributed by atoms with van der Waals surface area (Å²) in [5, 5.41) is 3.38. The van der Waals surface area contributed by atoms with Crippen molar-refractivity contribution >= 4 is 27.4 Å². The number of rotatable bonds is 1. The van der Waals surface area contributed by atoms with E-state index < -0.39 is 0 Å². The van der Waals surface area contributed by atoms with Gasteiger partial charge in [-0.25, -0.2) is 4.98 Å². The number of nitrogens with zero attached hydrogens (tertiary/aromatic N) is 3. The normalized spacial score (nSPS) is 10.6. The van der Waals surface area contributed by atoms with E-state index in [0.29, 0.717) is 0 Å². The summed E-state index contributed by atoms with van der Waals surface area (Å²) in [7, 11) is 0. The van der Waals surface area contributed by atoms with Crippen molar-refractivity contribution in [3.8, 4) is 5.82 Å². The smallest absolute Gasteiger partial charge is 0.137 e. The molecule has 116 valence electrons. The minimum Gasteiger partial charge on any atom is -0.399 e. The van der Waals surface area contributed by atoms with Crippen LogP contribution in [-0.2, 0) is 0 Å². The number of aromatic nitrogens is 3. The van der Waals surface area contributed by atoms with Crippen LogP contribution in [0.25, 0.3) is 27.5 Å². The maximum Gasteiger partial charge on any atom is 0.137 e. The molecule has 4 nitrogen and oxygen atoms in total. The number of hydrogen-bond acceptors (Lipinski definition) is 3. The van der Waals surface area contributed by atoms with Crippen LogP contribution >= 0.6 is 0 Å². The van der Waals surface area contributed by atoms with E-state index in [1.165, 1.54) is 0 Å². The van der Waals surface area contributed by atoms with Gasteiger partial charge in [0.25, 0.3) is 0 Å². The second-order valence-corrected chi connectivity index (χ2v) is 5.22. The van der Waals surface area contributed by atoms with Crippen LogP contribution in [0.3, 0.4) is 0 Å². The van der Waals surface area contributed by atoms with Crippen molar-refractivity contribution in [1.82, 2.24) is 14.5 Å². The van der Waals surface area contributed by atoms with Crippen molar-refractivity contribution in [2.75, 3.05) is 5.73 Å². The molecule has 0 aliphatic heterocycles. The quantitative estimate of drug-likeness (QED) is 0.527. The van der Waals surface area contributed by atoms with Gasteiger partial charge < -0.3 is 5.73 Å². The van der Waals surface area contributed by atoms with Gasteiger partial charge in [-0.1, -0.05) is 13.8 Å². The maximum absolute atomic E-state index is 5.95. The first-order valence-corrected chi connectivity index (χ1v) is 7.80. The van der Waals surface area contributed by atoms with E-state index in [0.717, 1.165) is 38.7 Å². The number of nitrogens with two attached hydrogens (primary N) is 1.